The minimum Gasteiger partial charge on any atom is -0.355 e. The molecule has 4 heterocycles. The smallest absolute Gasteiger partial charge is 0.266 e. The van der Waals surface area contributed by atoms with E-state index in [1.807, 2.05) is 23.0 Å². The second kappa shape index (κ2) is 7.22. The maximum absolute atomic E-state index is 12.3. The van der Waals surface area contributed by atoms with Gasteiger partial charge in [-0.25, -0.2) is 14.2 Å². The largest absolute Gasteiger partial charge is 0.355 e. The zero-order valence-corrected chi connectivity index (χ0v) is 18.1. The third-order valence-corrected chi connectivity index (χ3v) is 6.36. The third-order valence-electron chi connectivity index (χ3n) is 6.36. The van der Waals surface area contributed by atoms with E-state index in [0.29, 0.717) is 18.4 Å². The molecule has 30 heavy (non-hydrogen) atoms. The summed E-state index contributed by atoms with van der Waals surface area (Å²) < 4.78 is 3.64. The van der Waals surface area contributed by atoms with Gasteiger partial charge in [-0.15, -0.1) is 0 Å². The molecular formula is C23H30N6O. The summed E-state index contributed by atoms with van der Waals surface area (Å²) in [6.45, 7) is 8.95. The zero-order valence-electron chi connectivity index (χ0n) is 18.1. The van der Waals surface area contributed by atoms with Crippen LogP contribution in [0.3, 0.4) is 0 Å². The van der Waals surface area contributed by atoms with Crippen LogP contribution in [0.1, 0.15) is 63.8 Å². The van der Waals surface area contributed by atoms with E-state index < -0.39 is 0 Å². The van der Waals surface area contributed by atoms with E-state index in [0.717, 1.165) is 43.0 Å². The Bertz CT molecular complexity index is 1110. The summed E-state index contributed by atoms with van der Waals surface area (Å²) in [5.41, 5.74) is 3.19. The molecule has 1 saturated carbocycles. The van der Waals surface area contributed by atoms with E-state index in [2.05, 4.69) is 41.8 Å². The molecule has 1 aliphatic carbocycles. The predicted molar refractivity (Wildman–Crippen MR) is 117 cm³/mol. The van der Waals surface area contributed by atoms with Crippen LogP contribution >= 0.6 is 0 Å². The van der Waals surface area contributed by atoms with E-state index in [1.165, 1.54) is 18.5 Å². The number of hydrogen-bond acceptors (Lipinski definition) is 5. The Kier molecular flexibility index (Phi) is 4.64. The van der Waals surface area contributed by atoms with E-state index in [1.54, 1.807) is 10.7 Å². The first-order valence-corrected chi connectivity index (χ1v) is 11.1. The van der Waals surface area contributed by atoms with Gasteiger partial charge in [-0.1, -0.05) is 20.8 Å². The fourth-order valence-corrected chi connectivity index (χ4v) is 4.30. The molecule has 3 aromatic rings. The lowest BCUT2D eigenvalue weighted by molar-refractivity contribution is 0.329. The maximum Gasteiger partial charge on any atom is 0.266 e. The lowest BCUT2D eigenvalue weighted by Crippen LogP contribution is -2.37. The molecule has 7 nitrogen and oxygen atoms in total. The predicted octanol–water partition coefficient (Wildman–Crippen LogP) is 3.38. The van der Waals surface area contributed by atoms with Crippen LogP contribution in [0, 0.1) is 5.92 Å². The lowest BCUT2D eigenvalue weighted by Gasteiger charge is -2.33. The highest BCUT2D eigenvalue weighted by atomic mass is 16.1. The van der Waals surface area contributed by atoms with Gasteiger partial charge in [0.25, 0.3) is 5.56 Å². The topological polar surface area (TPSA) is 68.3 Å². The fraction of sp³-hybridized carbons (Fsp3) is 0.565. The highest BCUT2D eigenvalue weighted by Crippen LogP contribution is 2.40. The van der Waals surface area contributed by atoms with Gasteiger partial charge in [-0.05, 0) is 43.7 Å². The quantitative estimate of drug-likeness (QED) is 0.664. The average molecular weight is 407 g/mol. The van der Waals surface area contributed by atoms with Gasteiger partial charge >= 0.3 is 0 Å². The molecule has 5 rings (SSSR count). The average Bonchev–Trinajstić information content (AvgIpc) is 3.47. The Morgan fingerprint density at radius 1 is 1.07 bits per heavy atom. The van der Waals surface area contributed by atoms with Crippen molar-refractivity contribution in [2.45, 2.75) is 64.3 Å². The van der Waals surface area contributed by atoms with Crippen LogP contribution in [0.25, 0.3) is 5.52 Å². The van der Waals surface area contributed by atoms with Gasteiger partial charge in [0.15, 0.2) is 5.82 Å². The second-order valence-corrected chi connectivity index (χ2v) is 9.84. The maximum atomic E-state index is 12.3. The van der Waals surface area contributed by atoms with E-state index in [-0.39, 0.29) is 11.0 Å². The molecule has 0 bridgehead atoms. The van der Waals surface area contributed by atoms with Crippen molar-refractivity contribution in [3.8, 4) is 0 Å². The molecule has 0 radical (unpaired) electrons. The van der Waals surface area contributed by atoms with Gasteiger partial charge in [-0.2, -0.15) is 10.2 Å². The first-order valence-electron chi connectivity index (χ1n) is 11.1. The SMILES string of the molecule is CC(C)(C)c1ccc(=O)n(CC2CCN(c3nccn4nc(C5CC5)cc34)CC2)n1. The van der Waals surface area contributed by atoms with Crippen LogP contribution in [0.15, 0.2) is 35.4 Å². The number of hydrogen-bond donors (Lipinski definition) is 0. The molecule has 1 aliphatic heterocycles. The first-order chi connectivity index (χ1) is 14.4. The monoisotopic (exact) mass is 406 g/mol. The number of piperidine rings is 1. The second-order valence-electron chi connectivity index (χ2n) is 9.84. The van der Waals surface area contributed by atoms with Crippen molar-refractivity contribution in [1.29, 1.82) is 0 Å². The molecule has 0 amide bonds. The molecule has 0 N–H and O–H groups in total. The summed E-state index contributed by atoms with van der Waals surface area (Å²) in [6.07, 6.45) is 8.35. The molecule has 3 aromatic heterocycles. The van der Waals surface area contributed by atoms with Gasteiger partial charge in [0.2, 0.25) is 0 Å². The van der Waals surface area contributed by atoms with Crippen LogP contribution in [0.5, 0.6) is 0 Å². The van der Waals surface area contributed by atoms with Gasteiger partial charge in [0.1, 0.15) is 5.52 Å². The van der Waals surface area contributed by atoms with Gasteiger partial charge in [0, 0.05) is 49.4 Å². The van der Waals surface area contributed by atoms with Crippen molar-refractivity contribution >= 4 is 11.3 Å². The van der Waals surface area contributed by atoms with Gasteiger partial charge < -0.3 is 4.90 Å². The van der Waals surface area contributed by atoms with Crippen LogP contribution < -0.4 is 10.5 Å². The molecule has 0 spiro atoms. The van der Waals surface area contributed by atoms with E-state index >= 15 is 0 Å². The molecular weight excluding hydrogens is 376 g/mol. The van der Waals surface area contributed by atoms with E-state index in [9.17, 15) is 4.79 Å². The summed E-state index contributed by atoms with van der Waals surface area (Å²) in [5, 5.41) is 9.39. The molecule has 2 fully saturated rings. The number of anilines is 1. The lowest BCUT2D eigenvalue weighted by atomic mass is 9.92. The minimum absolute atomic E-state index is 0.0104. The molecule has 0 unspecified atom stereocenters. The summed E-state index contributed by atoms with van der Waals surface area (Å²) in [5.74, 6) is 2.12. The van der Waals surface area contributed by atoms with Crippen molar-refractivity contribution in [3.05, 3.63) is 52.3 Å². The van der Waals surface area contributed by atoms with Gasteiger partial charge in [0.05, 0.1) is 11.4 Å². The fourth-order valence-electron chi connectivity index (χ4n) is 4.30. The van der Waals surface area contributed by atoms with Crippen molar-refractivity contribution in [2.75, 3.05) is 18.0 Å². The Labute approximate surface area is 176 Å². The highest BCUT2D eigenvalue weighted by molar-refractivity contribution is 5.69. The molecule has 0 atom stereocenters. The zero-order chi connectivity index (χ0) is 20.9. The summed E-state index contributed by atoms with van der Waals surface area (Å²) in [4.78, 5) is 19.4. The molecule has 0 aromatic carbocycles. The van der Waals surface area contributed by atoms with Crippen LogP contribution in [0.4, 0.5) is 5.82 Å². The molecule has 7 heteroatoms. The number of aromatic nitrogens is 5. The Morgan fingerprint density at radius 2 is 1.83 bits per heavy atom. The van der Waals surface area contributed by atoms with E-state index in [4.69, 9.17) is 5.10 Å². The Hall–Kier alpha value is -2.70. The normalized spacial score (nSPS) is 18.3. The molecule has 1 saturated heterocycles. The third kappa shape index (κ3) is 3.73. The summed E-state index contributed by atoms with van der Waals surface area (Å²) in [6, 6.07) is 5.73. The van der Waals surface area contributed by atoms with Crippen molar-refractivity contribution < 1.29 is 0 Å². The minimum atomic E-state index is -0.0618. The van der Waals surface area contributed by atoms with Crippen LogP contribution in [-0.4, -0.2) is 37.5 Å². The first kappa shape index (κ1) is 19.3. The number of fused-ring (bicyclic) bond motifs is 1. The molecule has 158 valence electrons. The van der Waals surface area contributed by atoms with Crippen molar-refractivity contribution in [2.24, 2.45) is 5.92 Å². The summed E-state index contributed by atoms with van der Waals surface area (Å²) in [7, 11) is 0. The Morgan fingerprint density at radius 3 is 2.53 bits per heavy atom. The molecule has 2 aliphatic rings. The number of rotatable bonds is 4. The van der Waals surface area contributed by atoms with Crippen molar-refractivity contribution in [3.63, 3.8) is 0 Å². The Balaban J connectivity index is 1.29. The standard InChI is InChI=1S/C23H30N6O/c1-23(2,3)20-6-7-21(30)29(26-20)15-16-8-11-27(12-9-16)22-19-14-18(17-4-5-17)25-28(19)13-10-24-22/h6-7,10,13-14,16-17H,4-5,8-9,11-12,15H2,1-3H3. The number of nitrogens with zero attached hydrogens (tertiary/aromatic N) is 6. The van der Waals surface area contributed by atoms with Crippen molar-refractivity contribution in [1.82, 2.24) is 24.4 Å². The highest BCUT2D eigenvalue weighted by Gasteiger charge is 2.28. The van der Waals surface area contributed by atoms with Gasteiger partial charge in [-0.3, -0.25) is 4.79 Å². The van der Waals surface area contributed by atoms with Crippen LogP contribution in [0.2, 0.25) is 0 Å². The van der Waals surface area contributed by atoms with Crippen LogP contribution in [-0.2, 0) is 12.0 Å². The summed E-state index contributed by atoms with van der Waals surface area (Å²) >= 11 is 0.